The van der Waals surface area contributed by atoms with Crippen molar-refractivity contribution in [1.29, 1.82) is 0 Å². The zero-order valence-electron chi connectivity index (χ0n) is 8.96. The molecule has 0 spiro atoms. The molecule has 84 valence electrons. The van der Waals surface area contributed by atoms with Gasteiger partial charge in [0.05, 0.1) is 27.1 Å². The summed E-state index contributed by atoms with van der Waals surface area (Å²) in [5, 5.41) is 5.39. The molecule has 0 amide bonds. The number of benzene rings is 1. The van der Waals surface area contributed by atoms with Crippen molar-refractivity contribution < 1.29 is 0 Å². The van der Waals surface area contributed by atoms with Crippen molar-refractivity contribution in [1.82, 2.24) is 9.78 Å². The summed E-state index contributed by atoms with van der Waals surface area (Å²) in [6.45, 7) is 1.85. The Hall–Kier alpha value is -1.19. The SMILES string of the molecule is Cc1nn(C)c(-c2c(Cl)cccc2Cl)c1N. The van der Waals surface area contributed by atoms with E-state index in [4.69, 9.17) is 28.9 Å². The summed E-state index contributed by atoms with van der Waals surface area (Å²) in [6.07, 6.45) is 0. The van der Waals surface area contributed by atoms with Gasteiger partial charge in [-0.25, -0.2) is 0 Å². The fourth-order valence-corrected chi connectivity index (χ4v) is 2.27. The Kier molecular flexibility index (Phi) is 2.82. The first-order chi connectivity index (χ1) is 7.52. The highest BCUT2D eigenvalue weighted by Gasteiger charge is 2.17. The van der Waals surface area contributed by atoms with Gasteiger partial charge in [0.15, 0.2) is 0 Å². The molecule has 0 fully saturated rings. The Labute approximate surface area is 104 Å². The van der Waals surface area contributed by atoms with Gasteiger partial charge in [-0.3, -0.25) is 4.68 Å². The zero-order valence-corrected chi connectivity index (χ0v) is 10.5. The molecule has 0 saturated carbocycles. The highest BCUT2D eigenvalue weighted by molar-refractivity contribution is 6.39. The molecule has 0 unspecified atom stereocenters. The standard InChI is InChI=1S/C11H11Cl2N3/c1-6-10(14)11(16(2)15-6)9-7(12)4-3-5-8(9)13/h3-5H,14H2,1-2H3. The molecule has 1 heterocycles. The summed E-state index contributed by atoms with van der Waals surface area (Å²) in [7, 11) is 1.82. The molecule has 0 radical (unpaired) electrons. The number of hydrogen-bond acceptors (Lipinski definition) is 2. The van der Waals surface area contributed by atoms with Gasteiger partial charge in [0, 0.05) is 12.6 Å². The third-order valence-electron chi connectivity index (χ3n) is 2.47. The third-order valence-corrected chi connectivity index (χ3v) is 3.10. The minimum Gasteiger partial charge on any atom is -0.395 e. The predicted octanol–water partition coefficient (Wildman–Crippen LogP) is 3.28. The minimum atomic E-state index is 0.571. The summed E-state index contributed by atoms with van der Waals surface area (Å²) in [5.41, 5.74) is 8.84. The van der Waals surface area contributed by atoms with Crippen molar-refractivity contribution in [2.75, 3.05) is 5.73 Å². The summed E-state index contributed by atoms with van der Waals surface area (Å²) >= 11 is 12.3. The van der Waals surface area contributed by atoms with Crippen LogP contribution in [-0.4, -0.2) is 9.78 Å². The van der Waals surface area contributed by atoms with Crippen LogP contribution in [0, 0.1) is 6.92 Å². The van der Waals surface area contributed by atoms with Crippen molar-refractivity contribution in [3.63, 3.8) is 0 Å². The second-order valence-corrected chi connectivity index (χ2v) is 4.38. The van der Waals surface area contributed by atoms with Crippen LogP contribution in [0.5, 0.6) is 0 Å². The molecule has 2 N–H and O–H groups in total. The average Bonchev–Trinajstić information content (AvgIpc) is 2.44. The van der Waals surface area contributed by atoms with E-state index in [9.17, 15) is 0 Å². The van der Waals surface area contributed by atoms with Crippen LogP contribution in [-0.2, 0) is 7.05 Å². The number of nitrogen functional groups attached to an aromatic ring is 1. The maximum atomic E-state index is 6.14. The molecule has 2 rings (SSSR count). The highest BCUT2D eigenvalue weighted by atomic mass is 35.5. The van der Waals surface area contributed by atoms with Gasteiger partial charge in [-0.2, -0.15) is 5.10 Å². The summed E-state index contributed by atoms with van der Waals surface area (Å²) in [4.78, 5) is 0. The van der Waals surface area contributed by atoms with Crippen molar-refractivity contribution in [2.24, 2.45) is 7.05 Å². The van der Waals surface area contributed by atoms with E-state index >= 15 is 0 Å². The largest absolute Gasteiger partial charge is 0.395 e. The van der Waals surface area contributed by atoms with E-state index in [1.165, 1.54) is 0 Å². The smallest absolute Gasteiger partial charge is 0.0941 e. The molecule has 0 aliphatic heterocycles. The Morgan fingerprint density at radius 1 is 1.25 bits per heavy atom. The number of halogens is 2. The summed E-state index contributed by atoms with van der Waals surface area (Å²) in [5.74, 6) is 0. The van der Waals surface area contributed by atoms with Crippen LogP contribution in [0.15, 0.2) is 18.2 Å². The minimum absolute atomic E-state index is 0.571. The van der Waals surface area contributed by atoms with Crippen LogP contribution in [0.2, 0.25) is 10.0 Å². The quantitative estimate of drug-likeness (QED) is 0.850. The Balaban J connectivity index is 2.77. The van der Waals surface area contributed by atoms with Crippen molar-refractivity contribution in [3.8, 4) is 11.3 Å². The first-order valence-corrected chi connectivity index (χ1v) is 5.51. The molecule has 16 heavy (non-hydrogen) atoms. The second kappa shape index (κ2) is 4.00. The average molecular weight is 256 g/mol. The van der Waals surface area contributed by atoms with Gasteiger partial charge in [0.2, 0.25) is 0 Å². The van der Waals surface area contributed by atoms with E-state index in [1.54, 1.807) is 22.9 Å². The predicted molar refractivity (Wildman–Crippen MR) is 67.8 cm³/mol. The maximum Gasteiger partial charge on any atom is 0.0941 e. The van der Waals surface area contributed by atoms with Gasteiger partial charge in [-0.15, -0.1) is 0 Å². The van der Waals surface area contributed by atoms with Crippen LogP contribution >= 0.6 is 23.2 Å². The highest BCUT2D eigenvalue weighted by Crippen LogP contribution is 2.38. The lowest BCUT2D eigenvalue weighted by Crippen LogP contribution is -1.97. The van der Waals surface area contributed by atoms with Gasteiger partial charge in [0.1, 0.15) is 0 Å². The van der Waals surface area contributed by atoms with E-state index < -0.39 is 0 Å². The van der Waals surface area contributed by atoms with E-state index in [-0.39, 0.29) is 0 Å². The van der Waals surface area contributed by atoms with Gasteiger partial charge >= 0.3 is 0 Å². The van der Waals surface area contributed by atoms with Crippen LogP contribution in [0.25, 0.3) is 11.3 Å². The number of nitrogens with two attached hydrogens (primary N) is 1. The molecule has 1 aromatic carbocycles. The molecule has 0 bridgehead atoms. The Bertz CT molecular complexity index is 526. The van der Waals surface area contributed by atoms with Gasteiger partial charge < -0.3 is 5.73 Å². The zero-order chi connectivity index (χ0) is 11.9. The lowest BCUT2D eigenvalue weighted by atomic mass is 10.1. The van der Waals surface area contributed by atoms with Gasteiger partial charge in [0.25, 0.3) is 0 Å². The summed E-state index contributed by atoms with van der Waals surface area (Å²) < 4.78 is 1.69. The fourth-order valence-electron chi connectivity index (χ4n) is 1.70. The van der Waals surface area contributed by atoms with Crippen LogP contribution in [0.3, 0.4) is 0 Å². The van der Waals surface area contributed by atoms with E-state index in [1.807, 2.05) is 14.0 Å². The van der Waals surface area contributed by atoms with E-state index in [2.05, 4.69) is 5.10 Å². The van der Waals surface area contributed by atoms with Crippen molar-refractivity contribution in [3.05, 3.63) is 33.9 Å². The monoisotopic (exact) mass is 255 g/mol. The topological polar surface area (TPSA) is 43.8 Å². The number of rotatable bonds is 1. The molecule has 2 aromatic rings. The molecule has 1 aromatic heterocycles. The van der Waals surface area contributed by atoms with Crippen LogP contribution < -0.4 is 5.73 Å². The Morgan fingerprint density at radius 2 is 1.81 bits per heavy atom. The maximum absolute atomic E-state index is 6.14. The molecule has 0 saturated heterocycles. The van der Waals surface area contributed by atoms with Gasteiger partial charge in [-0.1, -0.05) is 29.3 Å². The lowest BCUT2D eigenvalue weighted by molar-refractivity contribution is 0.764. The Morgan fingerprint density at radius 3 is 2.25 bits per heavy atom. The van der Waals surface area contributed by atoms with Crippen LogP contribution in [0.1, 0.15) is 5.69 Å². The number of aromatic nitrogens is 2. The third kappa shape index (κ3) is 1.66. The lowest BCUT2D eigenvalue weighted by Gasteiger charge is -2.08. The fraction of sp³-hybridized carbons (Fsp3) is 0.182. The molecular formula is C11H11Cl2N3. The summed E-state index contributed by atoms with van der Waals surface area (Å²) in [6, 6.07) is 5.36. The van der Waals surface area contributed by atoms with Gasteiger partial charge in [-0.05, 0) is 19.1 Å². The number of anilines is 1. The molecule has 0 aliphatic carbocycles. The second-order valence-electron chi connectivity index (χ2n) is 3.57. The normalized spacial score (nSPS) is 10.8. The molecule has 3 nitrogen and oxygen atoms in total. The first-order valence-electron chi connectivity index (χ1n) is 4.76. The molecule has 0 aliphatic rings. The van der Waals surface area contributed by atoms with Crippen LogP contribution in [0.4, 0.5) is 5.69 Å². The molecule has 0 atom stereocenters. The number of nitrogens with zero attached hydrogens (tertiary/aromatic N) is 2. The molecular weight excluding hydrogens is 245 g/mol. The molecule has 5 heteroatoms. The van der Waals surface area contributed by atoms with E-state index in [0.29, 0.717) is 15.7 Å². The number of hydrogen-bond donors (Lipinski definition) is 1. The van der Waals surface area contributed by atoms with Crippen molar-refractivity contribution in [2.45, 2.75) is 6.92 Å². The number of aryl methyl sites for hydroxylation is 2. The first kappa shape index (κ1) is 11.3. The van der Waals surface area contributed by atoms with E-state index in [0.717, 1.165) is 17.0 Å². The van der Waals surface area contributed by atoms with Crippen molar-refractivity contribution >= 4 is 28.9 Å².